The standard InChI is InChI=1S/C12H18NO4S2.C10H22O2.C9H12.6CH4.Li/c1-10(2)4-5-11-6-8-12(9-7-11)19(16,17)13-18(3,14)15;1-4-11-8-9-12-7-5-6-10(2)3;1-8(2)9-6-4-3-5-7-9;;;;;;;/h6-10H,4-5H2,1-3H3;10H,4-9H2,1-3H3;3-8H,1-2H3;6*1H4;/q-1;;;;;;;;;+1. The second-order valence-electron chi connectivity index (χ2n) is 10.8. The summed E-state index contributed by atoms with van der Waals surface area (Å²) in [7, 11) is -8.05. The van der Waals surface area contributed by atoms with Gasteiger partial charge in [0.2, 0.25) is 0 Å². The minimum absolute atomic E-state index is 0. The molecular weight excluding hydrogens is 625 g/mol. The van der Waals surface area contributed by atoms with Crippen LogP contribution in [-0.2, 0) is 35.9 Å². The van der Waals surface area contributed by atoms with E-state index in [1.807, 2.05) is 13.0 Å². The van der Waals surface area contributed by atoms with Crippen molar-refractivity contribution in [3.05, 3.63) is 69.9 Å². The molecule has 2 aromatic rings. The summed E-state index contributed by atoms with van der Waals surface area (Å²) in [4.78, 5) is -0.105. The first-order chi connectivity index (χ1) is 18.7. The molecule has 47 heavy (non-hydrogen) atoms. The second kappa shape index (κ2) is 36.1. The average molecular weight is 702 g/mol. The fourth-order valence-corrected chi connectivity index (χ4v) is 5.55. The van der Waals surface area contributed by atoms with Crippen LogP contribution in [0.15, 0.2) is 59.5 Å². The monoisotopic (exact) mass is 702 g/mol. The predicted molar refractivity (Wildman–Crippen MR) is 207 cm³/mol. The summed E-state index contributed by atoms with van der Waals surface area (Å²) in [6.07, 6.45) is 5.06. The van der Waals surface area contributed by atoms with Crippen LogP contribution < -0.4 is 18.9 Å². The number of sulfonamides is 2. The molecule has 2 aromatic carbocycles. The zero-order valence-electron chi connectivity index (χ0n) is 26.8. The maximum atomic E-state index is 11.7. The number of hydrogen-bond donors (Lipinski definition) is 0. The molecule has 0 fully saturated rings. The Morgan fingerprint density at radius 1 is 0.660 bits per heavy atom. The summed E-state index contributed by atoms with van der Waals surface area (Å²) in [5.74, 6) is 2.02. The third kappa shape index (κ3) is 37.5. The molecule has 10 heteroatoms. The van der Waals surface area contributed by atoms with Crippen LogP contribution in [0.3, 0.4) is 0 Å². The van der Waals surface area contributed by atoms with E-state index in [9.17, 15) is 16.8 Å². The molecule has 0 amide bonds. The van der Waals surface area contributed by atoms with Crippen LogP contribution in [0.25, 0.3) is 4.13 Å². The van der Waals surface area contributed by atoms with E-state index in [4.69, 9.17) is 9.47 Å². The Balaban J connectivity index is -0.0000000799. The van der Waals surface area contributed by atoms with Crippen molar-refractivity contribution in [2.45, 2.75) is 130 Å². The first kappa shape index (κ1) is 64.3. The number of benzene rings is 2. The molecule has 0 saturated heterocycles. The molecule has 0 aliphatic heterocycles. The first-order valence-corrected chi connectivity index (χ1v) is 17.4. The molecule has 2 rings (SSSR count). The van der Waals surface area contributed by atoms with Gasteiger partial charge in [0.05, 0.1) is 23.2 Å². The molecule has 0 aromatic heterocycles. The Kier molecular flexibility index (Phi) is 49.4. The van der Waals surface area contributed by atoms with Gasteiger partial charge >= 0.3 is 18.9 Å². The van der Waals surface area contributed by atoms with Crippen molar-refractivity contribution >= 4 is 20.0 Å². The normalized spacial score (nSPS) is 9.94. The van der Waals surface area contributed by atoms with Crippen molar-refractivity contribution in [3.8, 4) is 0 Å². The Bertz CT molecular complexity index is 1110. The van der Waals surface area contributed by atoms with Crippen molar-refractivity contribution < 1.29 is 45.2 Å². The Morgan fingerprint density at radius 3 is 1.51 bits per heavy atom. The van der Waals surface area contributed by atoms with Gasteiger partial charge in [-0.05, 0) is 73.6 Å². The van der Waals surface area contributed by atoms with Crippen LogP contribution in [0.4, 0.5) is 0 Å². The molecule has 278 valence electrons. The predicted octanol–water partition coefficient (Wildman–Crippen LogP) is 8.40. The Labute approximate surface area is 307 Å². The quantitative estimate of drug-likeness (QED) is 0.137. The maximum Gasteiger partial charge on any atom is 1.00 e. The summed E-state index contributed by atoms with van der Waals surface area (Å²) >= 11 is 0. The number of nitrogens with zero attached hydrogens (tertiary/aromatic N) is 1. The van der Waals surface area contributed by atoms with Gasteiger partial charge < -0.3 is 13.6 Å². The van der Waals surface area contributed by atoms with Gasteiger partial charge in [-0.1, -0.05) is 129 Å². The number of rotatable bonds is 15. The van der Waals surface area contributed by atoms with Crippen molar-refractivity contribution in [3.63, 3.8) is 0 Å². The summed E-state index contributed by atoms with van der Waals surface area (Å²) in [6.45, 7) is 18.3. The molecule has 0 unspecified atom stereocenters. The van der Waals surface area contributed by atoms with Crippen LogP contribution >= 0.6 is 0 Å². The van der Waals surface area contributed by atoms with E-state index < -0.39 is 20.0 Å². The van der Waals surface area contributed by atoms with Crippen molar-refractivity contribution in [1.82, 2.24) is 0 Å². The Morgan fingerprint density at radius 2 is 1.13 bits per heavy atom. The summed E-state index contributed by atoms with van der Waals surface area (Å²) < 4.78 is 58.6. The minimum Gasteiger partial charge on any atom is -0.432 e. The fraction of sp³-hybridized carbons (Fsp3) is 0.676. The smallest absolute Gasteiger partial charge is 0.432 e. The molecule has 0 aliphatic carbocycles. The molecule has 0 bridgehead atoms. The summed E-state index contributed by atoms with van der Waals surface area (Å²) in [5, 5.41) is 0. The molecule has 0 aliphatic rings. The van der Waals surface area contributed by atoms with Crippen LogP contribution in [0, 0.1) is 11.8 Å². The van der Waals surface area contributed by atoms with Gasteiger partial charge in [0, 0.05) is 24.4 Å². The van der Waals surface area contributed by atoms with Gasteiger partial charge in [-0.2, -0.15) is 0 Å². The van der Waals surface area contributed by atoms with E-state index in [2.05, 4.69) is 69.9 Å². The topological polar surface area (TPSA) is 101 Å². The zero-order chi connectivity index (χ0) is 30.6. The molecule has 0 N–H and O–H groups in total. The number of aryl methyl sites for hydroxylation is 1. The Hall–Kier alpha value is -1.18. The first-order valence-electron chi connectivity index (χ1n) is 14.2. The summed E-state index contributed by atoms with van der Waals surface area (Å²) in [6, 6.07) is 16.7. The van der Waals surface area contributed by atoms with E-state index in [1.165, 1.54) is 30.5 Å². The molecule has 0 radical (unpaired) electrons. The molecule has 0 heterocycles. The second-order valence-corrected chi connectivity index (χ2v) is 14.3. The van der Waals surface area contributed by atoms with Crippen LogP contribution in [-0.4, -0.2) is 49.5 Å². The maximum absolute atomic E-state index is 11.7. The fourth-order valence-electron chi connectivity index (χ4n) is 3.30. The number of hydrogen-bond acceptors (Lipinski definition) is 6. The number of ether oxygens (including phenoxy) is 2. The third-order valence-corrected chi connectivity index (χ3v) is 8.31. The van der Waals surface area contributed by atoms with E-state index in [1.54, 1.807) is 12.1 Å². The average Bonchev–Trinajstić information content (AvgIpc) is 2.87. The van der Waals surface area contributed by atoms with Gasteiger partial charge in [0.15, 0.2) is 0 Å². The zero-order valence-corrected chi connectivity index (χ0v) is 28.4. The third-order valence-electron chi connectivity index (χ3n) is 5.58. The van der Waals surface area contributed by atoms with Gasteiger partial charge in [-0.15, -0.1) is 0 Å². The molecule has 0 spiro atoms. The van der Waals surface area contributed by atoms with Gasteiger partial charge in [0.25, 0.3) is 0 Å². The molecule has 0 saturated carbocycles. The SMILES string of the molecule is C.C.C.C.C.C.CC(C)CCc1ccc(S(=O)(=O)[N-]S(C)(=O)=O)cc1.CC(C)c1ccccc1.CCOCCOCCCC(C)C.[Li+]. The van der Waals surface area contributed by atoms with E-state index in [0.717, 1.165) is 57.0 Å². The summed E-state index contributed by atoms with van der Waals surface area (Å²) in [5.41, 5.74) is 2.43. The van der Waals surface area contributed by atoms with Crippen molar-refractivity contribution in [1.29, 1.82) is 0 Å². The largest absolute Gasteiger partial charge is 1.00 e. The van der Waals surface area contributed by atoms with Crippen LogP contribution in [0.1, 0.15) is 129 Å². The van der Waals surface area contributed by atoms with E-state index in [-0.39, 0.29) is 68.3 Å². The van der Waals surface area contributed by atoms with Crippen molar-refractivity contribution in [2.24, 2.45) is 11.8 Å². The minimum atomic E-state index is -4.13. The van der Waals surface area contributed by atoms with Gasteiger partial charge in [-0.25, -0.2) is 16.8 Å². The van der Waals surface area contributed by atoms with E-state index in [0.29, 0.717) is 11.8 Å². The van der Waals surface area contributed by atoms with Gasteiger partial charge in [0.1, 0.15) is 10.0 Å². The van der Waals surface area contributed by atoms with Gasteiger partial charge in [-0.3, -0.25) is 0 Å². The van der Waals surface area contributed by atoms with Crippen molar-refractivity contribution in [2.75, 3.05) is 32.7 Å². The van der Waals surface area contributed by atoms with E-state index >= 15 is 0 Å². The molecule has 0 atom stereocenters. The molecule has 7 nitrogen and oxygen atoms in total. The molecular formula is C37H76LiNO6S2. The van der Waals surface area contributed by atoms with Crippen LogP contribution in [0.5, 0.6) is 0 Å². The van der Waals surface area contributed by atoms with Crippen LogP contribution in [0.2, 0.25) is 0 Å².